The van der Waals surface area contributed by atoms with Crippen LogP contribution in [-0.2, 0) is 5.41 Å². The number of benzene rings is 12. The maximum atomic E-state index is 2.49. The van der Waals surface area contributed by atoms with Crippen molar-refractivity contribution >= 4 is 60.4 Å². The molecule has 0 saturated heterocycles. The maximum Gasteiger partial charge on any atom is 0.0720 e. The van der Waals surface area contributed by atoms with Gasteiger partial charge in [0.1, 0.15) is 0 Å². The third kappa shape index (κ3) is 6.42. The minimum absolute atomic E-state index is 0.631. The van der Waals surface area contributed by atoms with Gasteiger partial charge in [0.15, 0.2) is 0 Å². The van der Waals surface area contributed by atoms with Gasteiger partial charge in [-0.25, -0.2) is 0 Å². The number of fused-ring (bicyclic) bond motifs is 9. The zero-order chi connectivity index (χ0) is 46.9. The molecule has 14 rings (SSSR count). The largest absolute Gasteiger partial charge is 0.310 e. The van der Waals surface area contributed by atoms with Gasteiger partial charge in [-0.2, -0.15) is 0 Å². The lowest BCUT2D eigenvalue weighted by molar-refractivity contribution is 0.770. The molecule has 0 bridgehead atoms. The summed E-state index contributed by atoms with van der Waals surface area (Å²) in [5, 5.41) is 7.30. The molecule has 1 unspecified atom stereocenters. The molecule has 71 heavy (non-hydrogen) atoms. The summed E-state index contributed by atoms with van der Waals surface area (Å²) in [6.45, 7) is 0. The van der Waals surface area contributed by atoms with Crippen molar-refractivity contribution in [1.29, 1.82) is 0 Å². The summed E-state index contributed by atoms with van der Waals surface area (Å²) in [5.41, 5.74) is 18.5. The fourth-order valence-corrected chi connectivity index (χ4v) is 11.9. The van der Waals surface area contributed by atoms with Crippen molar-refractivity contribution in [1.82, 2.24) is 4.57 Å². The Labute approximate surface area is 413 Å². The average Bonchev–Trinajstić information content (AvgIpc) is 3.94. The van der Waals surface area contributed by atoms with E-state index in [-0.39, 0.29) is 0 Å². The molecule has 2 heteroatoms. The molecule has 2 nitrogen and oxygen atoms in total. The molecule has 0 radical (unpaired) electrons. The Morgan fingerprint density at radius 1 is 0.296 bits per heavy atom. The molecular formula is C69H46N2. The van der Waals surface area contributed by atoms with Crippen molar-refractivity contribution in [3.8, 4) is 39.1 Å². The number of anilines is 3. The summed E-state index contributed by atoms with van der Waals surface area (Å²) in [5.74, 6) is 0. The molecule has 12 aromatic carbocycles. The van der Waals surface area contributed by atoms with Gasteiger partial charge in [0.25, 0.3) is 0 Å². The molecule has 0 amide bonds. The van der Waals surface area contributed by atoms with Crippen molar-refractivity contribution in [2.24, 2.45) is 0 Å². The van der Waals surface area contributed by atoms with Crippen LogP contribution in [0.5, 0.6) is 0 Å². The molecule has 0 N–H and O–H groups in total. The first-order valence-corrected chi connectivity index (χ1v) is 24.6. The van der Waals surface area contributed by atoms with E-state index in [2.05, 4.69) is 289 Å². The monoisotopic (exact) mass is 902 g/mol. The quantitative estimate of drug-likeness (QED) is 0.147. The highest BCUT2D eigenvalue weighted by Crippen LogP contribution is 2.59. The lowest BCUT2D eigenvalue weighted by Crippen LogP contribution is -2.29. The average molecular weight is 903 g/mol. The second-order valence-corrected chi connectivity index (χ2v) is 18.8. The van der Waals surface area contributed by atoms with E-state index in [4.69, 9.17) is 0 Å². The van der Waals surface area contributed by atoms with E-state index in [1.165, 1.54) is 93.5 Å². The van der Waals surface area contributed by atoms with Gasteiger partial charge in [-0.1, -0.05) is 231 Å². The van der Waals surface area contributed by atoms with Crippen LogP contribution in [0.15, 0.2) is 279 Å². The third-order valence-electron chi connectivity index (χ3n) is 15.0. The van der Waals surface area contributed by atoms with Crippen LogP contribution in [0, 0.1) is 0 Å². The second kappa shape index (κ2) is 16.5. The fourth-order valence-electron chi connectivity index (χ4n) is 11.9. The zero-order valence-electron chi connectivity index (χ0n) is 39.0. The lowest BCUT2D eigenvalue weighted by atomic mass is 9.66. The summed E-state index contributed by atoms with van der Waals surface area (Å²) in [6.07, 6.45) is 0. The van der Waals surface area contributed by atoms with Crippen LogP contribution in [0.3, 0.4) is 0 Å². The first-order valence-electron chi connectivity index (χ1n) is 24.6. The summed E-state index contributed by atoms with van der Waals surface area (Å²) in [7, 11) is 0. The lowest BCUT2D eigenvalue weighted by Gasteiger charge is -2.36. The number of nitrogens with zero attached hydrogens (tertiary/aromatic N) is 2. The van der Waals surface area contributed by atoms with Gasteiger partial charge in [-0.15, -0.1) is 0 Å². The van der Waals surface area contributed by atoms with E-state index < -0.39 is 5.41 Å². The summed E-state index contributed by atoms with van der Waals surface area (Å²) in [6, 6.07) is 103. The Kier molecular flexibility index (Phi) is 9.47. The molecular weight excluding hydrogens is 857 g/mol. The van der Waals surface area contributed by atoms with Crippen LogP contribution in [0.2, 0.25) is 0 Å². The van der Waals surface area contributed by atoms with Crippen LogP contribution < -0.4 is 4.90 Å². The molecule has 0 fully saturated rings. The van der Waals surface area contributed by atoms with Crippen LogP contribution in [0.1, 0.15) is 22.3 Å². The van der Waals surface area contributed by atoms with Crippen LogP contribution in [-0.4, -0.2) is 4.57 Å². The van der Waals surface area contributed by atoms with Gasteiger partial charge >= 0.3 is 0 Å². The van der Waals surface area contributed by atoms with Gasteiger partial charge in [0.05, 0.1) is 16.4 Å². The van der Waals surface area contributed by atoms with E-state index in [1.54, 1.807) is 0 Å². The predicted octanol–water partition coefficient (Wildman–Crippen LogP) is 18.3. The third-order valence-corrected chi connectivity index (χ3v) is 15.0. The molecule has 1 atom stereocenters. The standard InChI is InChI=1S/C69H46N2/c1-4-18-47(19-5-1)49-32-36-54(37-33-49)71-67-46-57(40-43-62(67)63-41-35-51-23-12-13-28-59(51)68(63)71)70(55-38-34-48-20-10-11-24-52(48)44-55)56-39-42-61-60-29-15-17-31-65(60)69(66(61)45-56,53-25-8-3-9-26-53)64-30-16-14-27-58(64)50-21-6-2-7-22-50/h1-46H. The highest BCUT2D eigenvalue weighted by Gasteiger charge is 2.47. The molecule has 1 aromatic heterocycles. The molecule has 1 heterocycles. The van der Waals surface area contributed by atoms with Gasteiger partial charge in [-0.05, 0) is 120 Å². The van der Waals surface area contributed by atoms with E-state index >= 15 is 0 Å². The van der Waals surface area contributed by atoms with E-state index in [1.807, 2.05) is 0 Å². The summed E-state index contributed by atoms with van der Waals surface area (Å²) < 4.78 is 2.49. The van der Waals surface area contributed by atoms with Crippen molar-refractivity contribution in [3.63, 3.8) is 0 Å². The molecule has 0 aliphatic heterocycles. The van der Waals surface area contributed by atoms with Crippen molar-refractivity contribution in [3.05, 3.63) is 301 Å². The highest BCUT2D eigenvalue weighted by molar-refractivity contribution is 6.19. The Hall–Kier alpha value is -9.24. The van der Waals surface area contributed by atoms with Gasteiger partial charge in [0, 0.05) is 38.9 Å². The number of hydrogen-bond acceptors (Lipinski definition) is 1. The summed E-state index contributed by atoms with van der Waals surface area (Å²) >= 11 is 0. The van der Waals surface area contributed by atoms with Crippen molar-refractivity contribution < 1.29 is 0 Å². The Morgan fingerprint density at radius 2 is 0.817 bits per heavy atom. The fraction of sp³-hybridized carbons (Fsp3) is 0.0145. The van der Waals surface area contributed by atoms with Gasteiger partial charge < -0.3 is 9.47 Å². The zero-order valence-corrected chi connectivity index (χ0v) is 39.0. The number of aromatic nitrogens is 1. The van der Waals surface area contributed by atoms with Gasteiger partial charge in [-0.3, -0.25) is 0 Å². The predicted molar refractivity (Wildman–Crippen MR) is 299 cm³/mol. The second-order valence-electron chi connectivity index (χ2n) is 18.8. The highest BCUT2D eigenvalue weighted by atomic mass is 15.1. The van der Waals surface area contributed by atoms with E-state index in [0.717, 1.165) is 28.3 Å². The molecule has 0 spiro atoms. The molecule has 13 aromatic rings. The summed E-state index contributed by atoms with van der Waals surface area (Å²) in [4.78, 5) is 2.48. The minimum atomic E-state index is -0.631. The molecule has 0 saturated carbocycles. The van der Waals surface area contributed by atoms with Crippen molar-refractivity contribution in [2.45, 2.75) is 5.41 Å². The van der Waals surface area contributed by atoms with Crippen LogP contribution in [0.4, 0.5) is 17.1 Å². The normalized spacial score (nSPS) is 14.0. The van der Waals surface area contributed by atoms with Crippen molar-refractivity contribution in [2.75, 3.05) is 4.90 Å². The Morgan fingerprint density at radius 3 is 1.59 bits per heavy atom. The maximum absolute atomic E-state index is 2.49. The number of rotatable bonds is 8. The number of hydrogen-bond donors (Lipinski definition) is 0. The van der Waals surface area contributed by atoms with E-state index in [0.29, 0.717) is 0 Å². The van der Waals surface area contributed by atoms with E-state index in [9.17, 15) is 0 Å². The first kappa shape index (κ1) is 40.8. The van der Waals surface area contributed by atoms with Gasteiger partial charge in [0.2, 0.25) is 0 Å². The Bertz CT molecular complexity index is 4150. The minimum Gasteiger partial charge on any atom is -0.310 e. The Balaban J connectivity index is 1.04. The first-order chi connectivity index (χ1) is 35.2. The smallest absolute Gasteiger partial charge is 0.0720 e. The SMILES string of the molecule is c1ccc(-c2ccc(-n3c4cc(N(c5ccc6c(c5)C(c5ccccc5)(c5ccccc5-c5ccccc5)c5ccccc5-6)c5ccc6ccccc6c5)ccc4c4ccc5ccccc5c43)cc2)cc1. The molecule has 1 aliphatic rings. The topological polar surface area (TPSA) is 8.17 Å². The molecule has 332 valence electrons. The van der Waals surface area contributed by atoms with Crippen LogP contribution in [0.25, 0.3) is 82.4 Å². The molecule has 1 aliphatic carbocycles. The van der Waals surface area contributed by atoms with Crippen LogP contribution >= 0.6 is 0 Å².